The first kappa shape index (κ1) is 18.3. The summed E-state index contributed by atoms with van der Waals surface area (Å²) in [5, 5.41) is 0. The van der Waals surface area contributed by atoms with E-state index in [-0.39, 0.29) is 10.9 Å². The minimum atomic E-state index is -3.68. The van der Waals surface area contributed by atoms with Gasteiger partial charge in [0, 0.05) is 12.1 Å². The molecule has 0 heterocycles. The molecule has 0 aliphatic heterocycles. The molecule has 0 bridgehead atoms. The standard InChI is InChI=1S/C18H23NO4S/c1-12-6-8-16(13(2)10-12)14(3)19-24(20,21)15-7-9-17(22-4)18(11-15)23-5/h6-11,14,19H,1-5H3/t14-/m0/s1. The molecular weight excluding hydrogens is 326 g/mol. The van der Waals surface area contributed by atoms with E-state index in [2.05, 4.69) is 4.72 Å². The lowest BCUT2D eigenvalue weighted by Gasteiger charge is -2.18. The van der Waals surface area contributed by atoms with Gasteiger partial charge in [0.15, 0.2) is 11.5 Å². The Morgan fingerprint density at radius 1 is 0.958 bits per heavy atom. The first-order chi connectivity index (χ1) is 11.3. The quantitative estimate of drug-likeness (QED) is 0.868. The van der Waals surface area contributed by atoms with E-state index in [0.717, 1.165) is 16.7 Å². The molecule has 5 nitrogen and oxygen atoms in total. The highest BCUT2D eigenvalue weighted by molar-refractivity contribution is 7.89. The lowest BCUT2D eigenvalue weighted by atomic mass is 10.0. The molecule has 0 unspecified atom stereocenters. The molecule has 2 aromatic carbocycles. The number of methoxy groups -OCH3 is 2. The van der Waals surface area contributed by atoms with Gasteiger partial charge in [-0.05, 0) is 44.0 Å². The van der Waals surface area contributed by atoms with Crippen LogP contribution < -0.4 is 14.2 Å². The number of hydrogen-bond donors (Lipinski definition) is 1. The van der Waals surface area contributed by atoms with Gasteiger partial charge in [-0.25, -0.2) is 13.1 Å². The number of ether oxygens (including phenoxy) is 2. The van der Waals surface area contributed by atoms with Crippen molar-refractivity contribution in [3.8, 4) is 11.5 Å². The number of sulfonamides is 1. The second-order valence-electron chi connectivity index (χ2n) is 5.72. The molecule has 0 spiro atoms. The Morgan fingerprint density at radius 2 is 1.62 bits per heavy atom. The zero-order chi connectivity index (χ0) is 17.9. The molecule has 24 heavy (non-hydrogen) atoms. The monoisotopic (exact) mass is 349 g/mol. The third kappa shape index (κ3) is 3.88. The van der Waals surface area contributed by atoms with E-state index in [4.69, 9.17) is 9.47 Å². The molecule has 0 radical (unpaired) electrons. The highest BCUT2D eigenvalue weighted by atomic mass is 32.2. The summed E-state index contributed by atoms with van der Waals surface area (Å²) >= 11 is 0. The topological polar surface area (TPSA) is 64.6 Å². The van der Waals surface area contributed by atoms with Crippen molar-refractivity contribution in [2.75, 3.05) is 14.2 Å². The van der Waals surface area contributed by atoms with Crippen molar-refractivity contribution < 1.29 is 17.9 Å². The van der Waals surface area contributed by atoms with E-state index in [0.29, 0.717) is 11.5 Å². The fourth-order valence-electron chi connectivity index (χ4n) is 2.66. The number of hydrogen-bond acceptors (Lipinski definition) is 4. The summed E-state index contributed by atoms with van der Waals surface area (Å²) in [5.74, 6) is 0.860. The van der Waals surface area contributed by atoms with Crippen LogP contribution in [0.1, 0.15) is 29.7 Å². The third-order valence-corrected chi connectivity index (χ3v) is 5.43. The predicted molar refractivity (Wildman–Crippen MR) is 94.2 cm³/mol. The van der Waals surface area contributed by atoms with Gasteiger partial charge in [-0.2, -0.15) is 0 Å². The Bertz CT molecular complexity index is 831. The Balaban J connectivity index is 2.30. The second-order valence-corrected chi connectivity index (χ2v) is 7.43. The van der Waals surface area contributed by atoms with Crippen molar-refractivity contribution in [1.82, 2.24) is 4.72 Å². The summed E-state index contributed by atoms with van der Waals surface area (Å²) in [6, 6.07) is 10.2. The molecule has 0 saturated carbocycles. The maximum absolute atomic E-state index is 12.7. The molecule has 0 aliphatic rings. The van der Waals surface area contributed by atoms with Crippen LogP contribution in [0.4, 0.5) is 0 Å². The third-order valence-electron chi connectivity index (χ3n) is 3.89. The molecule has 0 aromatic heterocycles. The van der Waals surface area contributed by atoms with Crippen LogP contribution in [0.5, 0.6) is 11.5 Å². The largest absolute Gasteiger partial charge is 0.493 e. The fraction of sp³-hybridized carbons (Fsp3) is 0.333. The van der Waals surface area contributed by atoms with E-state index in [1.807, 2.05) is 39.0 Å². The maximum atomic E-state index is 12.7. The lowest BCUT2D eigenvalue weighted by molar-refractivity contribution is 0.354. The van der Waals surface area contributed by atoms with Gasteiger partial charge >= 0.3 is 0 Å². The summed E-state index contributed by atoms with van der Waals surface area (Å²) in [5.41, 5.74) is 3.15. The first-order valence-electron chi connectivity index (χ1n) is 7.60. The van der Waals surface area contributed by atoms with Gasteiger partial charge in [-0.1, -0.05) is 23.8 Å². The summed E-state index contributed by atoms with van der Waals surface area (Å²) < 4.78 is 38.3. The van der Waals surface area contributed by atoms with Crippen LogP contribution in [0.2, 0.25) is 0 Å². The van der Waals surface area contributed by atoms with Crippen LogP contribution in [0.3, 0.4) is 0 Å². The number of benzene rings is 2. The van der Waals surface area contributed by atoms with Crippen molar-refractivity contribution in [3.05, 3.63) is 53.1 Å². The van der Waals surface area contributed by atoms with Crippen molar-refractivity contribution in [3.63, 3.8) is 0 Å². The summed E-state index contributed by atoms with van der Waals surface area (Å²) in [6.45, 7) is 5.81. The fourth-order valence-corrected chi connectivity index (χ4v) is 3.90. The van der Waals surface area contributed by atoms with Gasteiger partial charge in [0.05, 0.1) is 19.1 Å². The van der Waals surface area contributed by atoms with Crippen LogP contribution in [-0.2, 0) is 10.0 Å². The maximum Gasteiger partial charge on any atom is 0.241 e. The van der Waals surface area contributed by atoms with Crippen LogP contribution >= 0.6 is 0 Å². The highest BCUT2D eigenvalue weighted by Crippen LogP contribution is 2.30. The minimum absolute atomic E-state index is 0.136. The average Bonchev–Trinajstić information content (AvgIpc) is 2.53. The van der Waals surface area contributed by atoms with Gasteiger partial charge in [-0.15, -0.1) is 0 Å². The molecule has 2 rings (SSSR count). The SMILES string of the molecule is COc1ccc(S(=O)(=O)N[C@@H](C)c2ccc(C)cc2C)cc1OC. The molecule has 6 heteroatoms. The van der Waals surface area contributed by atoms with Crippen LogP contribution in [-0.4, -0.2) is 22.6 Å². The van der Waals surface area contributed by atoms with E-state index in [9.17, 15) is 8.42 Å². The zero-order valence-corrected chi connectivity index (χ0v) is 15.4. The van der Waals surface area contributed by atoms with Gasteiger partial charge in [0.2, 0.25) is 10.0 Å². The Morgan fingerprint density at radius 3 is 2.21 bits per heavy atom. The van der Waals surface area contributed by atoms with Gasteiger partial charge in [0.25, 0.3) is 0 Å². The molecule has 1 N–H and O–H groups in total. The van der Waals surface area contributed by atoms with Crippen LogP contribution in [0, 0.1) is 13.8 Å². The predicted octanol–water partition coefficient (Wildman–Crippen LogP) is 3.36. The number of nitrogens with one attached hydrogen (secondary N) is 1. The summed E-state index contributed by atoms with van der Waals surface area (Å²) in [7, 11) is -0.699. The molecule has 2 aromatic rings. The normalized spacial score (nSPS) is 12.7. The first-order valence-corrected chi connectivity index (χ1v) is 9.08. The van der Waals surface area contributed by atoms with Gasteiger partial charge in [-0.3, -0.25) is 0 Å². The average molecular weight is 349 g/mol. The molecular formula is C18H23NO4S. The van der Waals surface area contributed by atoms with E-state index in [1.54, 1.807) is 6.07 Å². The van der Waals surface area contributed by atoms with E-state index < -0.39 is 10.0 Å². The van der Waals surface area contributed by atoms with Crippen LogP contribution in [0.25, 0.3) is 0 Å². The molecule has 0 fully saturated rings. The number of aryl methyl sites for hydroxylation is 2. The number of rotatable bonds is 6. The zero-order valence-electron chi connectivity index (χ0n) is 14.6. The Hall–Kier alpha value is -2.05. The van der Waals surface area contributed by atoms with Gasteiger partial charge in [0.1, 0.15) is 0 Å². The minimum Gasteiger partial charge on any atom is -0.493 e. The molecule has 0 saturated heterocycles. The summed E-state index contributed by atoms with van der Waals surface area (Å²) in [6.07, 6.45) is 0. The van der Waals surface area contributed by atoms with Crippen molar-refractivity contribution in [2.24, 2.45) is 0 Å². The smallest absolute Gasteiger partial charge is 0.241 e. The van der Waals surface area contributed by atoms with Gasteiger partial charge < -0.3 is 9.47 Å². The molecule has 1 atom stereocenters. The Labute approximate surface area is 143 Å². The summed E-state index contributed by atoms with van der Waals surface area (Å²) in [4.78, 5) is 0.136. The highest BCUT2D eigenvalue weighted by Gasteiger charge is 2.21. The van der Waals surface area contributed by atoms with E-state index in [1.165, 1.54) is 26.4 Å². The lowest BCUT2D eigenvalue weighted by Crippen LogP contribution is -2.27. The molecule has 0 aliphatic carbocycles. The molecule has 0 amide bonds. The second kappa shape index (κ2) is 7.23. The van der Waals surface area contributed by atoms with Crippen LogP contribution in [0.15, 0.2) is 41.3 Å². The van der Waals surface area contributed by atoms with Crippen molar-refractivity contribution >= 4 is 10.0 Å². The van der Waals surface area contributed by atoms with E-state index >= 15 is 0 Å². The van der Waals surface area contributed by atoms with Crippen molar-refractivity contribution in [2.45, 2.75) is 31.7 Å². The molecule has 130 valence electrons. The van der Waals surface area contributed by atoms with Crippen molar-refractivity contribution in [1.29, 1.82) is 0 Å². The Kier molecular flexibility index (Phi) is 5.51.